The molecule has 0 atom stereocenters. The molecule has 24 heavy (non-hydrogen) atoms. The van der Waals surface area contributed by atoms with Gasteiger partial charge in [0.25, 0.3) is 5.91 Å². The second-order valence-corrected chi connectivity index (χ2v) is 5.82. The average molecular weight is 324 g/mol. The molecule has 5 nitrogen and oxygen atoms in total. The number of para-hydroxylation sites is 1. The fourth-order valence-corrected chi connectivity index (χ4v) is 2.55. The molecule has 0 radical (unpaired) electrons. The van der Waals surface area contributed by atoms with Crippen molar-refractivity contribution in [1.29, 1.82) is 0 Å². The lowest BCUT2D eigenvalue weighted by Gasteiger charge is -2.21. The van der Waals surface area contributed by atoms with Crippen LogP contribution in [0.4, 0.5) is 11.4 Å². The first-order valence-electron chi connectivity index (χ1n) is 8.01. The molecule has 0 aromatic heterocycles. The Labute approximate surface area is 141 Å². The van der Waals surface area contributed by atoms with Crippen LogP contribution in [0.1, 0.15) is 19.8 Å². The van der Waals surface area contributed by atoms with Crippen LogP contribution in [0.2, 0.25) is 0 Å². The molecule has 1 N–H and O–H groups in total. The van der Waals surface area contributed by atoms with Crippen molar-refractivity contribution >= 4 is 23.2 Å². The molecule has 2 amide bonds. The van der Waals surface area contributed by atoms with Gasteiger partial charge in [-0.2, -0.15) is 0 Å². The maximum Gasteiger partial charge on any atom is 0.262 e. The number of ether oxygens (including phenoxy) is 1. The maximum absolute atomic E-state index is 11.9. The molecule has 124 valence electrons. The van der Waals surface area contributed by atoms with Crippen molar-refractivity contribution in [2.75, 3.05) is 16.8 Å². The minimum absolute atomic E-state index is 0.0468. The quantitative estimate of drug-likeness (QED) is 0.887. The van der Waals surface area contributed by atoms with E-state index in [0.29, 0.717) is 17.5 Å². The van der Waals surface area contributed by atoms with Gasteiger partial charge in [-0.15, -0.1) is 0 Å². The molecule has 0 unspecified atom stereocenters. The summed E-state index contributed by atoms with van der Waals surface area (Å²) in [5, 5.41) is 2.79. The molecule has 1 saturated carbocycles. The normalized spacial score (nSPS) is 13.2. The van der Waals surface area contributed by atoms with Crippen molar-refractivity contribution in [1.82, 2.24) is 0 Å². The van der Waals surface area contributed by atoms with Gasteiger partial charge in [0.2, 0.25) is 5.91 Å². The van der Waals surface area contributed by atoms with E-state index < -0.39 is 0 Å². The number of nitrogens with one attached hydrogen (secondary N) is 1. The Kier molecular flexibility index (Phi) is 4.79. The number of rotatable bonds is 6. The fraction of sp³-hybridized carbons (Fsp3) is 0.263. The highest BCUT2D eigenvalue weighted by Gasteiger charge is 2.31. The molecule has 0 spiro atoms. The first-order valence-corrected chi connectivity index (χ1v) is 8.01. The van der Waals surface area contributed by atoms with Crippen molar-refractivity contribution < 1.29 is 14.3 Å². The van der Waals surface area contributed by atoms with Gasteiger partial charge in [0.1, 0.15) is 5.75 Å². The summed E-state index contributed by atoms with van der Waals surface area (Å²) < 4.78 is 5.41. The van der Waals surface area contributed by atoms with Crippen molar-refractivity contribution in [2.45, 2.75) is 25.8 Å². The van der Waals surface area contributed by atoms with Gasteiger partial charge >= 0.3 is 0 Å². The van der Waals surface area contributed by atoms with Crippen LogP contribution in [0.25, 0.3) is 0 Å². The molecule has 0 saturated heterocycles. The van der Waals surface area contributed by atoms with Gasteiger partial charge in [-0.3, -0.25) is 9.59 Å². The third kappa shape index (κ3) is 4.13. The second kappa shape index (κ2) is 7.17. The number of benzene rings is 2. The first-order chi connectivity index (χ1) is 11.6. The van der Waals surface area contributed by atoms with E-state index >= 15 is 0 Å². The zero-order chi connectivity index (χ0) is 16.9. The van der Waals surface area contributed by atoms with Gasteiger partial charge < -0.3 is 15.0 Å². The molecule has 3 rings (SSSR count). The molecule has 1 aliphatic carbocycles. The Hall–Kier alpha value is -2.82. The van der Waals surface area contributed by atoms with Gasteiger partial charge in [-0.05, 0) is 49.2 Å². The number of carbonyl (C=O) groups is 2. The van der Waals surface area contributed by atoms with E-state index in [-0.39, 0.29) is 18.4 Å². The summed E-state index contributed by atoms with van der Waals surface area (Å²) in [7, 11) is 0. The minimum Gasteiger partial charge on any atom is -0.484 e. The number of anilines is 2. The Bertz CT molecular complexity index is 709. The lowest BCUT2D eigenvalue weighted by atomic mass is 10.2. The highest BCUT2D eigenvalue weighted by atomic mass is 16.5. The summed E-state index contributed by atoms with van der Waals surface area (Å²) in [6.45, 7) is 1.53. The number of hydrogen-bond acceptors (Lipinski definition) is 3. The van der Waals surface area contributed by atoms with Gasteiger partial charge in [0.05, 0.1) is 0 Å². The molecule has 0 aliphatic heterocycles. The van der Waals surface area contributed by atoms with Crippen LogP contribution in [0, 0.1) is 0 Å². The Morgan fingerprint density at radius 1 is 1.08 bits per heavy atom. The van der Waals surface area contributed by atoms with Crippen molar-refractivity contribution in [3.05, 3.63) is 54.6 Å². The van der Waals surface area contributed by atoms with E-state index in [0.717, 1.165) is 18.5 Å². The largest absolute Gasteiger partial charge is 0.484 e. The lowest BCUT2D eigenvalue weighted by molar-refractivity contribution is -0.118. The van der Waals surface area contributed by atoms with Crippen LogP contribution in [0.15, 0.2) is 54.6 Å². The monoisotopic (exact) mass is 324 g/mol. The zero-order valence-corrected chi connectivity index (χ0v) is 13.6. The predicted octanol–water partition coefficient (Wildman–Crippen LogP) is 3.22. The molecule has 2 aromatic rings. The maximum atomic E-state index is 11.9. The molecular weight excluding hydrogens is 304 g/mol. The molecule has 0 bridgehead atoms. The van der Waals surface area contributed by atoms with Crippen LogP contribution in [-0.2, 0) is 9.59 Å². The van der Waals surface area contributed by atoms with Crippen LogP contribution in [-0.4, -0.2) is 24.5 Å². The van der Waals surface area contributed by atoms with Crippen LogP contribution in [0.5, 0.6) is 5.75 Å². The van der Waals surface area contributed by atoms with E-state index in [1.54, 1.807) is 31.2 Å². The van der Waals surface area contributed by atoms with E-state index in [1.165, 1.54) is 0 Å². The molecule has 1 fully saturated rings. The predicted molar refractivity (Wildman–Crippen MR) is 93.2 cm³/mol. The van der Waals surface area contributed by atoms with E-state index in [4.69, 9.17) is 4.74 Å². The Morgan fingerprint density at radius 2 is 1.75 bits per heavy atom. The lowest BCUT2D eigenvalue weighted by Crippen LogP contribution is -2.30. The summed E-state index contributed by atoms with van der Waals surface area (Å²) in [6, 6.07) is 16.8. The second-order valence-electron chi connectivity index (χ2n) is 5.82. The molecule has 0 heterocycles. The van der Waals surface area contributed by atoms with Crippen molar-refractivity contribution in [3.63, 3.8) is 0 Å². The van der Waals surface area contributed by atoms with Gasteiger partial charge in [-0.1, -0.05) is 18.2 Å². The minimum atomic E-state index is -0.225. The summed E-state index contributed by atoms with van der Waals surface area (Å²) in [5.74, 6) is 0.479. The summed E-state index contributed by atoms with van der Waals surface area (Å²) >= 11 is 0. The standard InChI is InChI=1S/C19H20N2O3/c1-14(22)21(17-11-12-17)16-9-7-15(8-10-16)20-19(23)13-24-18-5-3-2-4-6-18/h2-10,17H,11-13H2,1H3,(H,20,23). The Balaban J connectivity index is 1.55. The highest BCUT2D eigenvalue weighted by molar-refractivity contribution is 5.94. The van der Waals surface area contributed by atoms with E-state index in [2.05, 4.69) is 5.32 Å². The van der Waals surface area contributed by atoms with Crippen molar-refractivity contribution in [3.8, 4) is 5.75 Å². The van der Waals surface area contributed by atoms with Gasteiger partial charge in [-0.25, -0.2) is 0 Å². The highest BCUT2D eigenvalue weighted by Crippen LogP contribution is 2.32. The fourth-order valence-electron chi connectivity index (χ4n) is 2.55. The number of nitrogens with zero attached hydrogens (tertiary/aromatic N) is 1. The molecule has 2 aromatic carbocycles. The SMILES string of the molecule is CC(=O)N(c1ccc(NC(=O)COc2ccccc2)cc1)C1CC1. The smallest absolute Gasteiger partial charge is 0.262 e. The zero-order valence-electron chi connectivity index (χ0n) is 13.6. The van der Waals surface area contributed by atoms with Crippen LogP contribution < -0.4 is 15.0 Å². The summed E-state index contributed by atoms with van der Waals surface area (Å²) in [5.41, 5.74) is 1.54. The molecule has 5 heteroatoms. The summed E-state index contributed by atoms with van der Waals surface area (Å²) in [6.07, 6.45) is 2.10. The van der Waals surface area contributed by atoms with Crippen LogP contribution in [0.3, 0.4) is 0 Å². The number of hydrogen-bond donors (Lipinski definition) is 1. The Morgan fingerprint density at radius 3 is 2.33 bits per heavy atom. The molecular formula is C19H20N2O3. The average Bonchev–Trinajstić information content (AvgIpc) is 3.40. The van der Waals surface area contributed by atoms with E-state index in [1.807, 2.05) is 35.2 Å². The van der Waals surface area contributed by atoms with Gasteiger partial charge in [0.15, 0.2) is 6.61 Å². The topological polar surface area (TPSA) is 58.6 Å². The van der Waals surface area contributed by atoms with Crippen molar-refractivity contribution in [2.24, 2.45) is 0 Å². The third-order valence-corrected chi connectivity index (χ3v) is 3.79. The summed E-state index contributed by atoms with van der Waals surface area (Å²) in [4.78, 5) is 25.5. The number of carbonyl (C=O) groups excluding carboxylic acids is 2. The third-order valence-electron chi connectivity index (χ3n) is 3.79. The first kappa shape index (κ1) is 16.1. The molecule has 1 aliphatic rings. The number of amides is 2. The van der Waals surface area contributed by atoms with Gasteiger partial charge in [0, 0.05) is 24.3 Å². The van der Waals surface area contributed by atoms with E-state index in [9.17, 15) is 9.59 Å². The van der Waals surface area contributed by atoms with Crippen LogP contribution >= 0.6 is 0 Å².